The number of rotatable bonds is 11. The van der Waals surface area contributed by atoms with Gasteiger partial charge in [-0.1, -0.05) is 36.4 Å². The summed E-state index contributed by atoms with van der Waals surface area (Å²) in [6.07, 6.45) is 1.41. The van der Waals surface area contributed by atoms with E-state index in [4.69, 9.17) is 0 Å². The zero-order chi connectivity index (χ0) is 19.6. The first kappa shape index (κ1) is 21.3. The maximum Gasteiger partial charge on any atom is 0.220 e. The molecule has 1 aromatic carbocycles. The highest BCUT2D eigenvalue weighted by atomic mass is 32.1. The largest absolute Gasteiger partial charge is 0.352 e. The first-order valence-corrected chi connectivity index (χ1v) is 10.5. The highest BCUT2D eigenvalue weighted by Gasteiger charge is 2.16. The van der Waals surface area contributed by atoms with Gasteiger partial charge in [-0.2, -0.15) is 0 Å². The van der Waals surface area contributed by atoms with Crippen molar-refractivity contribution >= 4 is 23.0 Å². The average Bonchev–Trinajstić information content (AvgIpc) is 3.16. The van der Waals surface area contributed by atoms with Gasteiger partial charge in [-0.25, -0.2) is 0 Å². The number of carbonyl (C=O) groups excluding carboxylic acids is 2. The van der Waals surface area contributed by atoms with Crippen molar-refractivity contribution in [3.05, 3.63) is 58.3 Å². The van der Waals surface area contributed by atoms with Crippen molar-refractivity contribution in [2.24, 2.45) is 0 Å². The molecule has 5 heteroatoms. The summed E-state index contributed by atoms with van der Waals surface area (Å²) in [6, 6.07) is 14.6. The molecule has 4 nitrogen and oxygen atoms in total. The van der Waals surface area contributed by atoms with Gasteiger partial charge in [0.05, 0.1) is 4.88 Å². The van der Waals surface area contributed by atoms with Crippen molar-refractivity contribution in [3.8, 4) is 0 Å². The van der Waals surface area contributed by atoms with Gasteiger partial charge in [-0.05, 0) is 44.2 Å². The number of ketones is 1. The Balaban J connectivity index is 1.73. The smallest absolute Gasteiger partial charge is 0.220 e. The van der Waals surface area contributed by atoms with Crippen molar-refractivity contribution in [2.75, 3.05) is 6.54 Å². The van der Waals surface area contributed by atoms with E-state index < -0.39 is 0 Å². The number of thiophene rings is 1. The molecule has 1 N–H and O–H groups in total. The van der Waals surface area contributed by atoms with E-state index in [0.717, 1.165) is 18.0 Å². The minimum atomic E-state index is 0.0184. The lowest BCUT2D eigenvalue weighted by molar-refractivity contribution is -0.121. The van der Waals surface area contributed by atoms with Crippen LogP contribution in [0.25, 0.3) is 0 Å². The molecule has 1 heterocycles. The van der Waals surface area contributed by atoms with E-state index in [1.54, 1.807) is 0 Å². The second-order valence-electron chi connectivity index (χ2n) is 7.23. The molecule has 0 spiro atoms. The lowest BCUT2D eigenvalue weighted by Gasteiger charge is -2.29. The van der Waals surface area contributed by atoms with E-state index in [0.29, 0.717) is 25.3 Å². The van der Waals surface area contributed by atoms with Gasteiger partial charge in [0.25, 0.3) is 0 Å². The molecule has 1 aromatic heterocycles. The van der Waals surface area contributed by atoms with E-state index >= 15 is 0 Å². The summed E-state index contributed by atoms with van der Waals surface area (Å²) in [5, 5.41) is 4.97. The molecule has 2 aromatic rings. The van der Waals surface area contributed by atoms with Crippen LogP contribution in [0.1, 0.15) is 55.3 Å². The fraction of sp³-hybridized carbons (Fsp3) is 0.455. The van der Waals surface area contributed by atoms with Gasteiger partial charge in [0.2, 0.25) is 5.91 Å². The summed E-state index contributed by atoms with van der Waals surface area (Å²) in [7, 11) is 0. The normalized spacial score (nSPS) is 12.3. The summed E-state index contributed by atoms with van der Waals surface area (Å²) < 4.78 is 0. The van der Waals surface area contributed by atoms with E-state index in [1.165, 1.54) is 16.9 Å². The minimum absolute atomic E-state index is 0.0184. The van der Waals surface area contributed by atoms with Crippen LogP contribution in [-0.2, 0) is 11.3 Å². The van der Waals surface area contributed by atoms with Crippen molar-refractivity contribution in [3.63, 3.8) is 0 Å². The number of nitrogens with zero attached hydrogens (tertiary/aromatic N) is 1. The fourth-order valence-corrected chi connectivity index (χ4v) is 3.68. The van der Waals surface area contributed by atoms with E-state index in [2.05, 4.69) is 48.3 Å². The van der Waals surface area contributed by atoms with E-state index in [1.807, 2.05) is 30.5 Å². The molecule has 0 saturated carbocycles. The number of amides is 1. The Kier molecular flexibility index (Phi) is 8.69. The van der Waals surface area contributed by atoms with Gasteiger partial charge >= 0.3 is 0 Å². The zero-order valence-corrected chi connectivity index (χ0v) is 17.3. The van der Waals surface area contributed by atoms with Crippen LogP contribution in [0.2, 0.25) is 0 Å². The minimum Gasteiger partial charge on any atom is -0.352 e. The lowest BCUT2D eigenvalue weighted by Crippen LogP contribution is -2.44. The number of hydrogen-bond donors (Lipinski definition) is 1. The molecule has 0 aliphatic rings. The summed E-state index contributed by atoms with van der Waals surface area (Å²) >= 11 is 1.46. The van der Waals surface area contributed by atoms with Crippen LogP contribution in [0.4, 0.5) is 0 Å². The molecule has 1 unspecified atom stereocenters. The van der Waals surface area contributed by atoms with Gasteiger partial charge in [-0.3, -0.25) is 14.5 Å². The monoisotopic (exact) mass is 386 g/mol. The highest BCUT2D eigenvalue weighted by molar-refractivity contribution is 7.12. The van der Waals surface area contributed by atoms with Crippen LogP contribution in [0.15, 0.2) is 47.8 Å². The Labute approximate surface area is 166 Å². The van der Waals surface area contributed by atoms with Crippen LogP contribution >= 0.6 is 11.3 Å². The Morgan fingerprint density at radius 1 is 1.04 bits per heavy atom. The summed E-state index contributed by atoms with van der Waals surface area (Å²) in [6.45, 7) is 8.05. The molecule has 1 atom stereocenters. The quantitative estimate of drug-likeness (QED) is 0.578. The predicted molar refractivity (Wildman–Crippen MR) is 112 cm³/mol. The van der Waals surface area contributed by atoms with Crippen LogP contribution in [0, 0.1) is 0 Å². The summed E-state index contributed by atoms with van der Waals surface area (Å²) in [4.78, 5) is 27.3. The maximum absolute atomic E-state index is 12.2. The van der Waals surface area contributed by atoms with Crippen LogP contribution < -0.4 is 5.32 Å². The van der Waals surface area contributed by atoms with Crippen LogP contribution in [0.3, 0.4) is 0 Å². The van der Waals surface area contributed by atoms with Crippen molar-refractivity contribution in [1.29, 1.82) is 0 Å². The fourth-order valence-electron chi connectivity index (χ4n) is 2.99. The molecule has 0 aliphatic carbocycles. The zero-order valence-electron chi connectivity index (χ0n) is 16.5. The molecule has 27 heavy (non-hydrogen) atoms. The first-order chi connectivity index (χ1) is 13.0. The first-order valence-electron chi connectivity index (χ1n) is 9.59. The third-order valence-corrected chi connectivity index (χ3v) is 5.39. The number of nitrogens with one attached hydrogen (secondary N) is 1. The second kappa shape index (κ2) is 11.0. The molecular formula is C22H30N2O2S. The van der Waals surface area contributed by atoms with Crippen molar-refractivity contribution in [2.45, 2.75) is 58.7 Å². The molecule has 0 saturated heterocycles. The van der Waals surface area contributed by atoms with Gasteiger partial charge in [0.15, 0.2) is 5.78 Å². The Morgan fingerprint density at radius 3 is 2.41 bits per heavy atom. The van der Waals surface area contributed by atoms with Gasteiger partial charge in [0, 0.05) is 38.0 Å². The molecule has 2 rings (SSSR count). The standard InChI is InChI=1S/C22H30N2O2S/c1-17(2)24(16-19-9-5-4-6-10-19)15-18(3)23-22(26)13-7-11-20(25)21-12-8-14-27-21/h4-6,8-10,12,14,17-18H,7,11,13,15-16H2,1-3H3,(H,23,26). The Hall–Kier alpha value is -1.98. The molecule has 0 radical (unpaired) electrons. The van der Waals surface area contributed by atoms with E-state index in [-0.39, 0.29) is 17.7 Å². The number of Topliss-reactive ketones (excluding diaryl/α,β-unsaturated/α-hetero) is 1. The average molecular weight is 387 g/mol. The van der Waals surface area contributed by atoms with E-state index in [9.17, 15) is 9.59 Å². The third-order valence-electron chi connectivity index (χ3n) is 4.48. The molecule has 0 bridgehead atoms. The number of benzene rings is 1. The molecule has 146 valence electrons. The van der Waals surface area contributed by atoms with Gasteiger partial charge in [-0.15, -0.1) is 11.3 Å². The lowest BCUT2D eigenvalue weighted by atomic mass is 10.1. The van der Waals surface area contributed by atoms with Crippen LogP contribution in [0.5, 0.6) is 0 Å². The second-order valence-corrected chi connectivity index (χ2v) is 8.18. The predicted octanol–water partition coefficient (Wildman–Crippen LogP) is 4.52. The third kappa shape index (κ3) is 7.65. The van der Waals surface area contributed by atoms with Crippen LogP contribution in [-0.4, -0.2) is 35.2 Å². The summed E-state index contributed by atoms with van der Waals surface area (Å²) in [5.74, 6) is 0.143. The van der Waals surface area contributed by atoms with Gasteiger partial charge < -0.3 is 5.32 Å². The molecule has 0 fully saturated rings. The maximum atomic E-state index is 12.2. The Bertz CT molecular complexity index is 698. The Morgan fingerprint density at radius 2 is 1.78 bits per heavy atom. The van der Waals surface area contributed by atoms with Crippen molar-refractivity contribution < 1.29 is 9.59 Å². The number of hydrogen-bond acceptors (Lipinski definition) is 4. The molecular weight excluding hydrogens is 356 g/mol. The molecule has 1 amide bonds. The molecule has 0 aliphatic heterocycles. The number of carbonyl (C=O) groups is 2. The SMILES string of the molecule is CC(CN(Cc1ccccc1)C(C)C)NC(=O)CCCC(=O)c1cccs1. The summed E-state index contributed by atoms with van der Waals surface area (Å²) in [5.41, 5.74) is 1.27. The topological polar surface area (TPSA) is 49.4 Å². The van der Waals surface area contributed by atoms with Crippen molar-refractivity contribution in [1.82, 2.24) is 10.2 Å². The van der Waals surface area contributed by atoms with Gasteiger partial charge in [0.1, 0.15) is 0 Å². The highest BCUT2D eigenvalue weighted by Crippen LogP contribution is 2.13.